The van der Waals surface area contributed by atoms with Crippen LogP contribution in [0.4, 0.5) is 0 Å². The summed E-state index contributed by atoms with van der Waals surface area (Å²) in [7, 11) is 0. The maximum Gasteiger partial charge on any atom is 0.303 e. The zero-order chi connectivity index (χ0) is 12.0. The molecule has 1 saturated heterocycles. The average molecular weight is 229 g/mol. The highest BCUT2D eigenvalue weighted by Gasteiger charge is 2.33. The number of rotatable bonds is 7. The van der Waals surface area contributed by atoms with Crippen molar-refractivity contribution in [1.29, 1.82) is 0 Å². The lowest BCUT2D eigenvalue weighted by Crippen LogP contribution is -2.48. The number of amides is 1. The SMILES string of the molecule is CC1(CNC(=O)CCCCC(=O)O)COC1. The van der Waals surface area contributed by atoms with Crippen LogP contribution in [0.25, 0.3) is 0 Å². The van der Waals surface area contributed by atoms with E-state index in [-0.39, 0.29) is 17.7 Å². The number of carbonyl (C=O) groups excluding carboxylic acids is 1. The van der Waals surface area contributed by atoms with Crippen molar-refractivity contribution in [2.24, 2.45) is 5.41 Å². The van der Waals surface area contributed by atoms with E-state index >= 15 is 0 Å². The summed E-state index contributed by atoms with van der Waals surface area (Å²) in [4.78, 5) is 21.6. The maximum atomic E-state index is 11.4. The van der Waals surface area contributed by atoms with Crippen LogP contribution < -0.4 is 5.32 Å². The molecule has 0 aromatic carbocycles. The monoisotopic (exact) mass is 229 g/mol. The van der Waals surface area contributed by atoms with Crippen molar-refractivity contribution < 1.29 is 19.4 Å². The summed E-state index contributed by atoms with van der Waals surface area (Å²) in [5.41, 5.74) is 0.0940. The standard InChI is InChI=1S/C11H19NO4/c1-11(7-16-8-11)6-12-9(13)4-2-3-5-10(14)15/h2-8H2,1H3,(H,12,13)(H,14,15). The van der Waals surface area contributed by atoms with E-state index in [4.69, 9.17) is 9.84 Å². The minimum atomic E-state index is -0.806. The summed E-state index contributed by atoms with van der Waals surface area (Å²) >= 11 is 0. The Kier molecular flexibility index (Phi) is 4.73. The zero-order valence-electron chi connectivity index (χ0n) is 9.62. The topological polar surface area (TPSA) is 75.6 Å². The molecule has 0 atom stereocenters. The van der Waals surface area contributed by atoms with Crippen LogP contribution in [0.2, 0.25) is 0 Å². The van der Waals surface area contributed by atoms with E-state index in [0.717, 1.165) is 0 Å². The van der Waals surface area contributed by atoms with Crippen LogP contribution in [-0.2, 0) is 14.3 Å². The van der Waals surface area contributed by atoms with Gasteiger partial charge in [0, 0.05) is 24.8 Å². The molecule has 0 aliphatic carbocycles. The van der Waals surface area contributed by atoms with Crippen molar-refractivity contribution in [2.75, 3.05) is 19.8 Å². The third-order valence-electron chi connectivity index (χ3n) is 2.66. The summed E-state index contributed by atoms with van der Waals surface area (Å²) in [6.07, 6.45) is 1.73. The van der Waals surface area contributed by atoms with Gasteiger partial charge in [-0.05, 0) is 12.8 Å². The van der Waals surface area contributed by atoms with Crippen molar-refractivity contribution >= 4 is 11.9 Å². The molecule has 0 radical (unpaired) electrons. The Morgan fingerprint density at radius 2 is 1.94 bits per heavy atom. The molecule has 1 amide bonds. The molecule has 0 bridgehead atoms. The van der Waals surface area contributed by atoms with Gasteiger partial charge in [0.2, 0.25) is 5.91 Å². The highest BCUT2D eigenvalue weighted by molar-refractivity contribution is 5.76. The summed E-state index contributed by atoms with van der Waals surface area (Å²) in [6, 6.07) is 0. The Morgan fingerprint density at radius 3 is 2.44 bits per heavy atom. The van der Waals surface area contributed by atoms with Crippen molar-refractivity contribution in [3.05, 3.63) is 0 Å². The van der Waals surface area contributed by atoms with E-state index in [1.54, 1.807) is 0 Å². The number of aliphatic carboxylic acids is 1. The van der Waals surface area contributed by atoms with Crippen LogP contribution in [0.1, 0.15) is 32.6 Å². The molecule has 0 aromatic heterocycles. The largest absolute Gasteiger partial charge is 0.481 e. The number of unbranched alkanes of at least 4 members (excludes halogenated alkanes) is 1. The van der Waals surface area contributed by atoms with E-state index < -0.39 is 5.97 Å². The van der Waals surface area contributed by atoms with Crippen molar-refractivity contribution in [1.82, 2.24) is 5.32 Å². The predicted molar refractivity (Wildman–Crippen MR) is 58.0 cm³/mol. The molecule has 0 unspecified atom stereocenters. The van der Waals surface area contributed by atoms with Gasteiger partial charge in [0.25, 0.3) is 0 Å². The first-order valence-corrected chi connectivity index (χ1v) is 5.58. The van der Waals surface area contributed by atoms with E-state index in [1.807, 2.05) is 0 Å². The van der Waals surface area contributed by atoms with Crippen LogP contribution in [0.3, 0.4) is 0 Å². The van der Waals surface area contributed by atoms with Crippen LogP contribution >= 0.6 is 0 Å². The Morgan fingerprint density at radius 1 is 1.31 bits per heavy atom. The first-order valence-electron chi connectivity index (χ1n) is 5.58. The van der Waals surface area contributed by atoms with E-state index in [2.05, 4.69) is 12.2 Å². The highest BCUT2D eigenvalue weighted by atomic mass is 16.5. The zero-order valence-corrected chi connectivity index (χ0v) is 9.62. The second kappa shape index (κ2) is 5.84. The van der Waals surface area contributed by atoms with Gasteiger partial charge in [0.05, 0.1) is 13.2 Å². The number of carboxylic acids is 1. The van der Waals surface area contributed by atoms with E-state index in [0.29, 0.717) is 39.0 Å². The molecule has 5 nitrogen and oxygen atoms in total. The van der Waals surface area contributed by atoms with Gasteiger partial charge in [-0.3, -0.25) is 9.59 Å². The van der Waals surface area contributed by atoms with Gasteiger partial charge in [0.1, 0.15) is 0 Å². The molecule has 2 N–H and O–H groups in total. The third-order valence-corrected chi connectivity index (χ3v) is 2.66. The van der Waals surface area contributed by atoms with Gasteiger partial charge in [-0.2, -0.15) is 0 Å². The average Bonchev–Trinajstić information content (AvgIpc) is 2.18. The lowest BCUT2D eigenvalue weighted by molar-refractivity contribution is -0.137. The highest BCUT2D eigenvalue weighted by Crippen LogP contribution is 2.25. The fourth-order valence-electron chi connectivity index (χ4n) is 1.51. The molecule has 1 fully saturated rings. The van der Waals surface area contributed by atoms with E-state index in [9.17, 15) is 9.59 Å². The lowest BCUT2D eigenvalue weighted by Gasteiger charge is -2.38. The molecule has 0 aromatic rings. The molecule has 1 heterocycles. The second-order valence-corrected chi connectivity index (χ2v) is 4.68. The molecule has 92 valence electrons. The quantitative estimate of drug-likeness (QED) is 0.633. The smallest absolute Gasteiger partial charge is 0.303 e. The minimum absolute atomic E-state index is 0.00138. The Balaban J connectivity index is 2.00. The van der Waals surface area contributed by atoms with Gasteiger partial charge in [0.15, 0.2) is 0 Å². The molecule has 1 aliphatic heterocycles. The van der Waals surface area contributed by atoms with Crippen molar-refractivity contribution in [2.45, 2.75) is 32.6 Å². The summed E-state index contributed by atoms with van der Waals surface area (Å²) in [5, 5.41) is 11.3. The summed E-state index contributed by atoms with van der Waals surface area (Å²) in [6.45, 7) is 4.12. The molecule has 1 aliphatic rings. The maximum absolute atomic E-state index is 11.4. The fourth-order valence-corrected chi connectivity index (χ4v) is 1.51. The van der Waals surface area contributed by atoms with Gasteiger partial charge in [-0.25, -0.2) is 0 Å². The molecular formula is C11H19NO4. The molecule has 1 rings (SSSR count). The third kappa shape index (κ3) is 4.61. The second-order valence-electron chi connectivity index (χ2n) is 4.68. The predicted octanol–water partition coefficient (Wildman–Crippen LogP) is 0.784. The Bertz CT molecular complexity index is 261. The summed E-state index contributed by atoms with van der Waals surface area (Å²) in [5.74, 6) is -0.807. The van der Waals surface area contributed by atoms with Crippen LogP contribution in [0.5, 0.6) is 0 Å². The normalized spacial score (nSPS) is 17.6. The Labute approximate surface area is 95.2 Å². The van der Waals surface area contributed by atoms with Crippen molar-refractivity contribution in [3.63, 3.8) is 0 Å². The minimum Gasteiger partial charge on any atom is -0.481 e. The first kappa shape index (κ1) is 13.0. The Hall–Kier alpha value is -1.10. The van der Waals surface area contributed by atoms with Gasteiger partial charge < -0.3 is 15.2 Å². The first-order chi connectivity index (χ1) is 7.52. The van der Waals surface area contributed by atoms with Gasteiger partial charge in [-0.1, -0.05) is 6.92 Å². The van der Waals surface area contributed by atoms with Crippen LogP contribution in [0, 0.1) is 5.41 Å². The number of carbonyl (C=O) groups is 2. The molecule has 0 spiro atoms. The fraction of sp³-hybridized carbons (Fsp3) is 0.818. The van der Waals surface area contributed by atoms with E-state index in [1.165, 1.54) is 0 Å². The van der Waals surface area contributed by atoms with Crippen LogP contribution in [0.15, 0.2) is 0 Å². The molecule has 16 heavy (non-hydrogen) atoms. The summed E-state index contributed by atoms with van der Waals surface area (Å²) < 4.78 is 5.08. The lowest BCUT2D eigenvalue weighted by atomic mass is 9.89. The molecule has 5 heteroatoms. The molecular weight excluding hydrogens is 210 g/mol. The number of hydrogen-bond donors (Lipinski definition) is 2. The molecule has 0 saturated carbocycles. The van der Waals surface area contributed by atoms with Crippen LogP contribution in [-0.4, -0.2) is 36.7 Å². The number of hydrogen-bond acceptors (Lipinski definition) is 3. The van der Waals surface area contributed by atoms with Gasteiger partial charge >= 0.3 is 5.97 Å². The number of carboxylic acid groups (broad SMARTS) is 1. The number of ether oxygens (including phenoxy) is 1. The van der Waals surface area contributed by atoms with Gasteiger partial charge in [-0.15, -0.1) is 0 Å². The van der Waals surface area contributed by atoms with Crippen molar-refractivity contribution in [3.8, 4) is 0 Å². The number of nitrogens with one attached hydrogen (secondary N) is 1.